The third kappa shape index (κ3) is 2.66. The largest absolute Gasteiger partial charge is 0.368 e. The zero-order valence-electron chi connectivity index (χ0n) is 12.5. The normalized spacial score (nSPS) is 22.2. The van der Waals surface area contributed by atoms with E-state index in [4.69, 9.17) is 5.73 Å². The average molecular weight is 288 g/mol. The molecular formula is C13H20N8. The van der Waals surface area contributed by atoms with Gasteiger partial charge < -0.3 is 15.5 Å². The molecule has 1 saturated heterocycles. The summed E-state index contributed by atoms with van der Waals surface area (Å²) in [5.41, 5.74) is 5.83. The van der Waals surface area contributed by atoms with Crippen LogP contribution in [-0.4, -0.2) is 62.6 Å². The molecule has 1 aliphatic rings. The van der Waals surface area contributed by atoms with E-state index in [1.807, 2.05) is 0 Å². The van der Waals surface area contributed by atoms with Crippen molar-refractivity contribution < 1.29 is 0 Å². The van der Waals surface area contributed by atoms with Crippen LogP contribution in [0.2, 0.25) is 0 Å². The van der Waals surface area contributed by atoms with E-state index in [-0.39, 0.29) is 5.95 Å². The van der Waals surface area contributed by atoms with Crippen molar-refractivity contribution in [3.8, 4) is 5.95 Å². The molecule has 1 fully saturated rings. The lowest BCUT2D eigenvalue weighted by molar-refractivity contribution is 0.266. The smallest absolute Gasteiger partial charge is 0.241 e. The number of rotatable bonds is 3. The van der Waals surface area contributed by atoms with Gasteiger partial charge >= 0.3 is 0 Å². The predicted molar refractivity (Wildman–Crippen MR) is 80.2 cm³/mol. The molecule has 2 aromatic rings. The lowest BCUT2D eigenvalue weighted by Gasteiger charge is -2.22. The van der Waals surface area contributed by atoms with E-state index in [1.54, 1.807) is 23.3 Å². The van der Waals surface area contributed by atoms with Crippen LogP contribution in [0.3, 0.4) is 0 Å². The van der Waals surface area contributed by atoms with Crippen LogP contribution in [0.1, 0.15) is 6.92 Å². The van der Waals surface area contributed by atoms with E-state index in [2.05, 4.69) is 50.8 Å². The molecule has 0 aromatic carbocycles. The first kappa shape index (κ1) is 13.7. The maximum atomic E-state index is 5.83. The van der Waals surface area contributed by atoms with Crippen LogP contribution >= 0.6 is 0 Å². The number of nitrogens with zero attached hydrogens (tertiary/aromatic N) is 7. The van der Waals surface area contributed by atoms with Crippen LogP contribution in [0.5, 0.6) is 0 Å². The number of nitrogen functional groups attached to an aromatic ring is 1. The number of likely N-dealkylation sites (N-methyl/N-ethyl adjacent to an activating group) is 1. The first-order valence-electron chi connectivity index (χ1n) is 6.96. The fourth-order valence-corrected chi connectivity index (χ4v) is 2.79. The number of hydrogen-bond donors (Lipinski definition) is 1. The molecular weight excluding hydrogens is 268 g/mol. The van der Waals surface area contributed by atoms with E-state index in [0.29, 0.717) is 23.9 Å². The third-order valence-corrected chi connectivity index (χ3v) is 3.88. The van der Waals surface area contributed by atoms with Crippen molar-refractivity contribution in [3.63, 3.8) is 0 Å². The van der Waals surface area contributed by atoms with Crippen molar-refractivity contribution in [2.24, 2.45) is 5.92 Å². The topological polar surface area (TPSA) is 89.0 Å². The third-order valence-electron chi connectivity index (χ3n) is 3.88. The van der Waals surface area contributed by atoms with Crippen LogP contribution in [0.15, 0.2) is 18.7 Å². The molecule has 8 heteroatoms. The molecule has 2 N–H and O–H groups in total. The second kappa shape index (κ2) is 5.28. The summed E-state index contributed by atoms with van der Waals surface area (Å²) < 4.78 is 1.73. The minimum atomic E-state index is 0.227. The second-order valence-corrected chi connectivity index (χ2v) is 5.68. The van der Waals surface area contributed by atoms with Crippen LogP contribution in [0.4, 0.5) is 11.9 Å². The van der Waals surface area contributed by atoms with E-state index >= 15 is 0 Å². The van der Waals surface area contributed by atoms with Crippen molar-refractivity contribution in [1.82, 2.24) is 29.4 Å². The van der Waals surface area contributed by atoms with Gasteiger partial charge in [-0.05, 0) is 20.0 Å². The van der Waals surface area contributed by atoms with Gasteiger partial charge in [-0.2, -0.15) is 15.0 Å². The van der Waals surface area contributed by atoms with Gasteiger partial charge in [-0.3, -0.25) is 4.57 Å². The fraction of sp³-hybridized carbons (Fsp3) is 0.538. The zero-order valence-corrected chi connectivity index (χ0v) is 12.5. The summed E-state index contributed by atoms with van der Waals surface area (Å²) in [5.74, 6) is 1.90. The van der Waals surface area contributed by atoms with Gasteiger partial charge in [-0.25, -0.2) is 4.98 Å². The Morgan fingerprint density at radius 3 is 2.57 bits per heavy atom. The van der Waals surface area contributed by atoms with Crippen molar-refractivity contribution in [2.75, 3.05) is 37.8 Å². The molecule has 3 rings (SSSR count). The fourth-order valence-electron chi connectivity index (χ4n) is 2.79. The summed E-state index contributed by atoms with van der Waals surface area (Å²) in [7, 11) is 4.20. The first-order chi connectivity index (χ1) is 10.0. The molecule has 0 radical (unpaired) electrons. The minimum Gasteiger partial charge on any atom is -0.368 e. The van der Waals surface area contributed by atoms with E-state index in [0.717, 1.165) is 13.1 Å². The van der Waals surface area contributed by atoms with E-state index in [1.165, 1.54) is 0 Å². The van der Waals surface area contributed by atoms with Gasteiger partial charge in [0.25, 0.3) is 0 Å². The highest BCUT2D eigenvalue weighted by Gasteiger charge is 2.32. The monoisotopic (exact) mass is 288 g/mol. The van der Waals surface area contributed by atoms with E-state index < -0.39 is 0 Å². The molecule has 0 spiro atoms. The maximum Gasteiger partial charge on any atom is 0.241 e. The molecule has 3 heterocycles. The quantitative estimate of drug-likeness (QED) is 0.852. The average Bonchev–Trinajstić information content (AvgIpc) is 3.06. The number of hydrogen-bond acceptors (Lipinski definition) is 7. The Labute approximate surface area is 123 Å². The molecule has 0 amide bonds. The predicted octanol–water partition coefficient (Wildman–Crippen LogP) is 0.0258. The Bertz CT molecular complexity index is 609. The summed E-state index contributed by atoms with van der Waals surface area (Å²) in [5, 5.41) is 0. The lowest BCUT2D eigenvalue weighted by Crippen LogP contribution is -2.34. The Hall–Kier alpha value is -2.22. The number of anilines is 2. The van der Waals surface area contributed by atoms with Gasteiger partial charge in [-0.1, -0.05) is 6.92 Å². The van der Waals surface area contributed by atoms with E-state index in [9.17, 15) is 0 Å². The minimum absolute atomic E-state index is 0.227. The van der Waals surface area contributed by atoms with Crippen molar-refractivity contribution in [2.45, 2.75) is 13.0 Å². The zero-order chi connectivity index (χ0) is 15.0. The summed E-state index contributed by atoms with van der Waals surface area (Å²) in [6, 6.07) is 0.486. The van der Waals surface area contributed by atoms with Crippen molar-refractivity contribution >= 4 is 11.9 Å². The van der Waals surface area contributed by atoms with Crippen LogP contribution in [0.25, 0.3) is 5.95 Å². The van der Waals surface area contributed by atoms with Gasteiger partial charge in [0, 0.05) is 31.5 Å². The SMILES string of the molecule is CC1CN(c2nc(N)nc(-n3ccnc3)n2)CC1N(C)C. The summed E-state index contributed by atoms with van der Waals surface area (Å²) in [6.07, 6.45) is 5.11. The summed E-state index contributed by atoms with van der Waals surface area (Å²) in [4.78, 5) is 21.4. The second-order valence-electron chi connectivity index (χ2n) is 5.68. The van der Waals surface area contributed by atoms with Crippen LogP contribution < -0.4 is 10.6 Å². The molecule has 2 aromatic heterocycles. The molecule has 21 heavy (non-hydrogen) atoms. The Morgan fingerprint density at radius 1 is 1.19 bits per heavy atom. The van der Waals surface area contributed by atoms with Crippen LogP contribution in [0, 0.1) is 5.92 Å². The molecule has 1 aliphatic heterocycles. The molecule has 2 atom stereocenters. The maximum absolute atomic E-state index is 5.83. The van der Waals surface area contributed by atoms with Gasteiger partial charge in [0.1, 0.15) is 6.33 Å². The van der Waals surface area contributed by atoms with Gasteiger partial charge in [0.15, 0.2) is 0 Å². The molecule has 8 nitrogen and oxygen atoms in total. The molecule has 112 valence electrons. The summed E-state index contributed by atoms with van der Waals surface area (Å²) in [6.45, 7) is 4.04. The van der Waals surface area contributed by atoms with Crippen molar-refractivity contribution in [1.29, 1.82) is 0 Å². The highest BCUT2D eigenvalue weighted by molar-refractivity contribution is 5.39. The van der Waals surface area contributed by atoms with Crippen molar-refractivity contribution in [3.05, 3.63) is 18.7 Å². The highest BCUT2D eigenvalue weighted by atomic mass is 15.4. The molecule has 0 saturated carbocycles. The van der Waals surface area contributed by atoms with Gasteiger partial charge in [-0.15, -0.1) is 0 Å². The molecule has 2 unspecified atom stereocenters. The number of aromatic nitrogens is 5. The number of imidazole rings is 1. The molecule has 0 bridgehead atoms. The Morgan fingerprint density at radius 2 is 1.95 bits per heavy atom. The Balaban J connectivity index is 1.90. The Kier molecular flexibility index (Phi) is 3.46. The summed E-state index contributed by atoms with van der Waals surface area (Å²) >= 11 is 0. The standard InChI is InChI=1S/C13H20N8/c1-9-6-21(7-10(9)19(2)3)13-17-11(14)16-12(18-13)20-5-4-15-8-20/h4-5,8-10H,6-7H2,1-3H3,(H2,14,16,17,18). The lowest BCUT2D eigenvalue weighted by atomic mass is 10.1. The molecule has 0 aliphatic carbocycles. The van der Waals surface area contributed by atoms with Gasteiger partial charge in [0.2, 0.25) is 17.8 Å². The van der Waals surface area contributed by atoms with Crippen LogP contribution in [-0.2, 0) is 0 Å². The first-order valence-corrected chi connectivity index (χ1v) is 6.96. The van der Waals surface area contributed by atoms with Gasteiger partial charge in [0.05, 0.1) is 0 Å². The highest BCUT2D eigenvalue weighted by Crippen LogP contribution is 2.24. The number of nitrogens with two attached hydrogens (primary N) is 1.